The van der Waals surface area contributed by atoms with Crippen molar-refractivity contribution in [3.05, 3.63) is 240 Å². The van der Waals surface area contributed by atoms with E-state index in [1.165, 1.54) is 38.5 Å². The fourth-order valence-electron chi connectivity index (χ4n) is 15.1. The van der Waals surface area contributed by atoms with Gasteiger partial charge in [0.1, 0.15) is 0 Å². The van der Waals surface area contributed by atoms with Gasteiger partial charge in [0.05, 0.1) is 62.4 Å². The Morgan fingerprint density at radius 3 is 1.07 bits per heavy atom. The van der Waals surface area contributed by atoms with Gasteiger partial charge in [0.2, 0.25) is 0 Å². The summed E-state index contributed by atoms with van der Waals surface area (Å²) in [4.78, 5) is 40.6. The maximum absolute atomic E-state index is 13.7. The van der Waals surface area contributed by atoms with Gasteiger partial charge in [-0.15, -0.1) is 0 Å². The SMILES string of the molecule is C[C@@H](NC(=O)c1nn(-c2ccc(Cl)cc2Cl)c2c1CCCC/C2=C\c1ccc(Cl)cc1)C1CCCCC1.O=C(NN1CCCCC1)c1nn(-c2ccc(Cl)cc2Cl)c2c1CCCC/C2=C\c1ccc(Cl)cc1.O=C(NN1CCOCC1)c1nn(-c2ccc(Cl)cc2Cl)c2c1CCCC/C2=C\c1ccc(Cl)cc1. The first kappa shape index (κ1) is 78.2. The molecular weight excluding hydrogens is 1530 g/mol. The van der Waals surface area contributed by atoms with Gasteiger partial charge in [-0.2, -0.15) is 15.3 Å². The third-order valence-electron chi connectivity index (χ3n) is 20.5. The van der Waals surface area contributed by atoms with Crippen molar-refractivity contribution < 1.29 is 19.1 Å². The molecule has 6 aliphatic rings. The minimum absolute atomic E-state index is 0.106. The van der Waals surface area contributed by atoms with Gasteiger partial charge in [0, 0.05) is 79.0 Å². The standard InChI is InChI=1S/C30H32Cl3N3O.C27H27Cl3N4O.C26H25Cl3N4O2/c1-19(21-7-3-2-4-8-21)34-30(37)28-25-10-6-5-9-22(17-20-11-13-23(31)14-12-20)29(25)36(35-28)27-16-15-24(32)18-26(27)33;28-20-10-8-18(9-11-20)16-19-6-2-3-7-22-25(27(35)32-33-14-4-1-5-15-33)31-34(26(19)22)24-13-12-21(29)17-23(24)30;27-19-7-5-17(6-8-19)15-18-3-1-2-4-21-24(26(34)31-32-11-13-35-14-12-32)30-33(25(18)21)23-10-9-20(28)16-22(23)29/h11-19,21H,2-10H2,1H3,(H,34,37);8-13,16-17H,1-7,14-15H2,(H,32,35);5-10,15-16H,1-4,11-14H2,(H,31,34)/b22-17+;19-16+;18-15+/t19-;;/m1../s1. The zero-order valence-electron chi connectivity index (χ0n) is 59.5. The van der Waals surface area contributed by atoms with Gasteiger partial charge < -0.3 is 10.1 Å². The van der Waals surface area contributed by atoms with Crippen LogP contribution in [0, 0.1) is 5.92 Å². The van der Waals surface area contributed by atoms with Crippen molar-refractivity contribution in [2.24, 2.45) is 5.92 Å². The second kappa shape index (κ2) is 36.7. The topological polar surface area (TPSA) is 156 Å². The molecule has 4 aliphatic carbocycles. The van der Waals surface area contributed by atoms with Crippen molar-refractivity contribution in [3.63, 3.8) is 0 Å². The fraction of sp³-hybridized carbons (Fsp3) is 0.349. The number of carbonyl (C=O) groups excluding carboxylic acids is 3. The molecule has 0 unspecified atom stereocenters. The molecule has 2 aliphatic heterocycles. The lowest BCUT2D eigenvalue weighted by atomic mass is 9.84. The van der Waals surface area contributed by atoms with Crippen LogP contribution in [0.2, 0.25) is 45.2 Å². The summed E-state index contributed by atoms with van der Waals surface area (Å²) in [5.74, 6) is 0.0230. The van der Waals surface area contributed by atoms with Gasteiger partial charge in [0.25, 0.3) is 17.7 Å². The summed E-state index contributed by atoms with van der Waals surface area (Å²) < 4.78 is 10.9. The molecule has 0 spiro atoms. The van der Waals surface area contributed by atoms with E-state index in [-0.39, 0.29) is 23.8 Å². The van der Waals surface area contributed by atoms with E-state index < -0.39 is 0 Å². The number of fused-ring (bicyclic) bond motifs is 3. The predicted octanol–water partition coefficient (Wildman–Crippen LogP) is 22.1. The van der Waals surface area contributed by atoms with Crippen LogP contribution in [0.3, 0.4) is 0 Å². The number of hydrazine groups is 2. The number of rotatable bonds is 13. The van der Waals surface area contributed by atoms with Gasteiger partial charge in [-0.3, -0.25) is 25.2 Å². The van der Waals surface area contributed by atoms with Crippen LogP contribution in [0.4, 0.5) is 0 Å². The lowest BCUT2D eigenvalue weighted by Gasteiger charge is -2.28. The number of ether oxygens (including phenoxy) is 1. The number of benzene rings is 6. The van der Waals surface area contributed by atoms with Crippen molar-refractivity contribution in [2.45, 2.75) is 141 Å². The molecule has 558 valence electrons. The largest absolute Gasteiger partial charge is 0.379 e. The van der Waals surface area contributed by atoms with Crippen molar-refractivity contribution in [1.29, 1.82) is 0 Å². The second-order valence-corrected chi connectivity index (χ2v) is 31.9. The molecule has 24 heteroatoms. The molecule has 9 aromatic rings. The van der Waals surface area contributed by atoms with Crippen molar-refractivity contribution in [2.75, 3.05) is 39.4 Å². The molecule has 15 rings (SSSR count). The molecule has 3 aromatic heterocycles. The number of allylic oxidation sites excluding steroid dienone is 3. The maximum Gasteiger partial charge on any atom is 0.286 e. The zero-order valence-corrected chi connectivity index (χ0v) is 66.3. The molecule has 1 saturated carbocycles. The lowest BCUT2D eigenvalue weighted by Crippen LogP contribution is -2.48. The Morgan fingerprint density at radius 2 is 0.710 bits per heavy atom. The van der Waals surface area contributed by atoms with Crippen molar-refractivity contribution in [3.8, 4) is 17.1 Å². The summed E-state index contributed by atoms with van der Waals surface area (Å²) in [6.45, 7) is 6.30. The number of aromatic nitrogens is 6. The predicted molar refractivity (Wildman–Crippen MR) is 438 cm³/mol. The van der Waals surface area contributed by atoms with E-state index in [9.17, 15) is 14.4 Å². The highest BCUT2D eigenvalue weighted by Gasteiger charge is 2.34. The van der Waals surface area contributed by atoms with E-state index in [2.05, 4.69) is 41.3 Å². The molecule has 15 nitrogen and oxygen atoms in total. The van der Waals surface area contributed by atoms with Crippen LogP contribution in [0.15, 0.2) is 127 Å². The summed E-state index contributed by atoms with van der Waals surface area (Å²) >= 11 is 56.8. The molecule has 3 N–H and O–H groups in total. The highest BCUT2D eigenvalue weighted by atomic mass is 35.5. The lowest BCUT2D eigenvalue weighted by molar-refractivity contribution is 0.0124. The molecule has 3 amide bonds. The highest BCUT2D eigenvalue weighted by molar-refractivity contribution is 6.37. The fourth-order valence-corrected chi connectivity index (χ4v) is 16.9. The van der Waals surface area contributed by atoms with E-state index in [0.717, 1.165) is 170 Å². The Morgan fingerprint density at radius 1 is 0.393 bits per heavy atom. The molecule has 6 aromatic carbocycles. The van der Waals surface area contributed by atoms with E-state index >= 15 is 0 Å². The molecule has 0 radical (unpaired) electrons. The number of nitrogens with one attached hydrogen (secondary N) is 3. The Kier molecular flexibility index (Phi) is 26.8. The summed E-state index contributed by atoms with van der Waals surface area (Å²) in [6, 6.07) is 39.5. The first-order chi connectivity index (χ1) is 51.9. The molecule has 107 heavy (non-hydrogen) atoms. The maximum atomic E-state index is 13.7. The Bertz CT molecular complexity index is 4580. The van der Waals surface area contributed by atoms with Crippen LogP contribution in [-0.4, -0.2) is 103 Å². The van der Waals surface area contributed by atoms with Crippen molar-refractivity contribution >= 4 is 157 Å². The number of amides is 3. The number of hydrogen-bond acceptors (Lipinski definition) is 9. The van der Waals surface area contributed by atoms with Crippen LogP contribution >= 0.6 is 104 Å². The Hall–Kier alpha value is -6.93. The third kappa shape index (κ3) is 19.5. The number of nitrogens with zero attached hydrogens (tertiary/aromatic N) is 8. The van der Waals surface area contributed by atoms with Crippen LogP contribution < -0.4 is 16.2 Å². The van der Waals surface area contributed by atoms with Gasteiger partial charge in [-0.05, 0) is 258 Å². The molecule has 3 fully saturated rings. The van der Waals surface area contributed by atoms with Crippen molar-refractivity contribution in [1.82, 2.24) is 55.5 Å². The van der Waals surface area contributed by atoms with Gasteiger partial charge in [0.15, 0.2) is 17.1 Å². The van der Waals surface area contributed by atoms with Crippen LogP contribution in [-0.2, 0) is 24.0 Å². The van der Waals surface area contributed by atoms with Gasteiger partial charge in [-0.25, -0.2) is 24.1 Å². The Labute approximate surface area is 670 Å². The molecule has 0 bridgehead atoms. The normalized spacial score (nSPS) is 17.9. The third-order valence-corrected chi connectivity index (χ3v) is 22.9. The van der Waals surface area contributed by atoms with E-state index in [4.69, 9.17) is 124 Å². The minimum atomic E-state index is -0.222. The average molecular weight is 1620 g/mol. The van der Waals surface area contributed by atoms with Crippen LogP contribution in [0.25, 0.3) is 52.0 Å². The first-order valence-electron chi connectivity index (χ1n) is 37.0. The number of hydrogen-bond donors (Lipinski definition) is 3. The molecule has 2 saturated heterocycles. The summed E-state index contributed by atoms with van der Waals surface area (Å²) in [7, 11) is 0. The van der Waals surface area contributed by atoms with Gasteiger partial charge in [-0.1, -0.05) is 166 Å². The van der Waals surface area contributed by atoms with E-state index in [0.29, 0.717) is 112 Å². The summed E-state index contributed by atoms with van der Waals surface area (Å²) in [5.41, 5.74) is 21.7. The highest BCUT2D eigenvalue weighted by Crippen LogP contribution is 2.42. The van der Waals surface area contributed by atoms with E-state index in [1.54, 1.807) is 41.1 Å². The first-order valence-corrected chi connectivity index (χ1v) is 40.4. The smallest absolute Gasteiger partial charge is 0.286 e. The monoisotopic (exact) mass is 1610 g/mol. The van der Waals surface area contributed by atoms with Gasteiger partial charge >= 0.3 is 0 Å². The minimum Gasteiger partial charge on any atom is -0.379 e. The number of piperidine rings is 1. The number of morpholine rings is 1. The average Bonchev–Trinajstić information content (AvgIpc) is 1.63. The van der Waals surface area contributed by atoms with E-state index in [1.807, 2.05) is 110 Å². The molecule has 5 heterocycles. The van der Waals surface area contributed by atoms with Crippen LogP contribution in [0.5, 0.6) is 0 Å². The summed E-state index contributed by atoms with van der Waals surface area (Å²) in [6.07, 6.45) is 26.9. The Balaban J connectivity index is 0.000000142. The van der Waals surface area contributed by atoms with Crippen LogP contribution in [0.1, 0.15) is 198 Å². The zero-order chi connectivity index (χ0) is 74.7. The molecule has 1 atom stereocenters. The molecular formula is C83H84Cl9N11O4. The summed E-state index contributed by atoms with van der Waals surface area (Å²) in [5, 5.41) is 27.0. The second-order valence-electron chi connectivity index (χ2n) is 28.0. The number of carbonyl (C=O) groups is 3. The quantitative estimate of drug-likeness (QED) is 0.0956. The number of halogens is 9.